The number of methoxy groups -OCH3 is 1. The number of rotatable bonds is 8. The Morgan fingerprint density at radius 1 is 1.37 bits per heavy atom. The largest absolute Gasteiger partial charge is 0.489 e. The lowest BCUT2D eigenvalue weighted by atomic mass is 10.1. The second-order valence-electron chi connectivity index (χ2n) is 6.59. The highest BCUT2D eigenvalue weighted by molar-refractivity contribution is 14.0. The average molecular weight is 511 g/mol. The van der Waals surface area contributed by atoms with Crippen molar-refractivity contribution in [3.63, 3.8) is 0 Å². The van der Waals surface area contributed by atoms with Crippen molar-refractivity contribution in [2.24, 2.45) is 4.99 Å². The molecule has 1 saturated heterocycles. The summed E-state index contributed by atoms with van der Waals surface area (Å²) in [4.78, 5) is 6.77. The Kier molecular flexibility index (Phi) is 12.1. The summed E-state index contributed by atoms with van der Waals surface area (Å²) in [6, 6.07) is 7.90. The smallest absolute Gasteiger partial charge is 0.191 e. The first-order valence-corrected chi connectivity index (χ1v) is 9.59. The number of halogens is 2. The molecule has 1 atom stereocenters. The number of hydrogen-bond acceptors (Lipinski definition) is 4. The van der Waals surface area contributed by atoms with Gasteiger partial charge in [0.15, 0.2) is 5.96 Å². The second-order valence-corrected chi connectivity index (χ2v) is 7.03. The summed E-state index contributed by atoms with van der Waals surface area (Å²) in [5.41, 5.74) is 0. The molecule has 0 radical (unpaired) electrons. The first kappa shape index (κ1) is 24.3. The van der Waals surface area contributed by atoms with Crippen LogP contribution in [0.25, 0.3) is 0 Å². The number of nitrogens with one attached hydrogen (secondary N) is 2. The monoisotopic (exact) mass is 510 g/mol. The van der Waals surface area contributed by atoms with Gasteiger partial charge >= 0.3 is 0 Å². The van der Waals surface area contributed by atoms with Gasteiger partial charge in [-0.25, -0.2) is 0 Å². The molecule has 1 aromatic rings. The molecule has 1 aliphatic rings. The second kappa shape index (κ2) is 13.4. The summed E-state index contributed by atoms with van der Waals surface area (Å²) >= 11 is 5.99. The van der Waals surface area contributed by atoms with E-state index >= 15 is 0 Å². The number of ether oxygens (including phenoxy) is 2. The van der Waals surface area contributed by atoms with Crippen molar-refractivity contribution in [2.45, 2.75) is 31.9 Å². The van der Waals surface area contributed by atoms with Crippen molar-refractivity contribution in [3.05, 3.63) is 29.3 Å². The molecule has 1 aromatic carbocycles. The number of piperidine rings is 1. The zero-order valence-corrected chi connectivity index (χ0v) is 19.5. The Balaban J connectivity index is 0.00000364. The third kappa shape index (κ3) is 9.32. The van der Waals surface area contributed by atoms with Crippen LogP contribution in [0, 0.1) is 0 Å². The molecule has 8 heteroatoms. The van der Waals surface area contributed by atoms with Crippen molar-refractivity contribution < 1.29 is 9.47 Å². The summed E-state index contributed by atoms with van der Waals surface area (Å²) in [6.45, 7) is 6.67. The van der Waals surface area contributed by atoms with E-state index in [0.717, 1.165) is 50.8 Å². The molecule has 1 fully saturated rings. The zero-order valence-electron chi connectivity index (χ0n) is 16.4. The molecule has 1 heterocycles. The van der Waals surface area contributed by atoms with E-state index in [2.05, 4.69) is 20.5 Å². The molecule has 1 unspecified atom stereocenters. The maximum atomic E-state index is 5.99. The van der Waals surface area contributed by atoms with E-state index in [-0.39, 0.29) is 30.1 Å². The third-order valence-electron chi connectivity index (χ3n) is 4.45. The van der Waals surface area contributed by atoms with Crippen LogP contribution in [0.5, 0.6) is 5.75 Å². The number of nitrogens with zero attached hydrogens (tertiary/aromatic N) is 2. The molecule has 0 saturated carbocycles. The lowest BCUT2D eigenvalue weighted by Gasteiger charge is -2.33. The van der Waals surface area contributed by atoms with E-state index in [9.17, 15) is 0 Å². The fourth-order valence-corrected chi connectivity index (χ4v) is 3.14. The van der Waals surface area contributed by atoms with Crippen LogP contribution in [-0.2, 0) is 4.74 Å². The Labute approximate surface area is 185 Å². The lowest BCUT2D eigenvalue weighted by Crippen LogP contribution is -2.50. The van der Waals surface area contributed by atoms with Gasteiger partial charge in [-0.15, -0.1) is 24.0 Å². The van der Waals surface area contributed by atoms with Gasteiger partial charge in [-0.1, -0.05) is 17.7 Å². The predicted octanol–water partition coefficient (Wildman–Crippen LogP) is 3.00. The number of hydrogen-bond donors (Lipinski definition) is 2. The first-order chi connectivity index (χ1) is 12.6. The van der Waals surface area contributed by atoms with E-state index in [1.54, 1.807) is 14.2 Å². The molecule has 27 heavy (non-hydrogen) atoms. The van der Waals surface area contributed by atoms with Crippen LogP contribution in [0.2, 0.25) is 5.02 Å². The summed E-state index contributed by atoms with van der Waals surface area (Å²) in [5.74, 6) is 1.60. The summed E-state index contributed by atoms with van der Waals surface area (Å²) in [5, 5.41) is 7.54. The highest BCUT2D eigenvalue weighted by atomic mass is 127. The molecule has 2 rings (SSSR count). The van der Waals surface area contributed by atoms with Gasteiger partial charge in [0, 0.05) is 44.9 Å². The quantitative estimate of drug-likeness (QED) is 0.320. The highest BCUT2D eigenvalue weighted by Gasteiger charge is 2.19. The maximum Gasteiger partial charge on any atom is 0.191 e. The van der Waals surface area contributed by atoms with E-state index in [0.29, 0.717) is 17.6 Å². The van der Waals surface area contributed by atoms with Gasteiger partial charge in [-0.3, -0.25) is 4.99 Å². The Bertz CT molecular complexity index is 568. The van der Waals surface area contributed by atoms with Crippen LogP contribution < -0.4 is 15.4 Å². The van der Waals surface area contributed by atoms with E-state index in [4.69, 9.17) is 21.1 Å². The zero-order chi connectivity index (χ0) is 18.8. The summed E-state index contributed by atoms with van der Waals surface area (Å²) < 4.78 is 11.0. The molecule has 0 aromatic heterocycles. The summed E-state index contributed by atoms with van der Waals surface area (Å²) in [6.07, 6.45) is 2.22. The minimum atomic E-state index is 0. The van der Waals surface area contributed by atoms with Gasteiger partial charge in [0.1, 0.15) is 11.9 Å². The number of benzene rings is 1. The number of likely N-dealkylation sites (tertiary alicyclic amines) is 1. The molecule has 1 aliphatic heterocycles. The van der Waals surface area contributed by atoms with Crippen LogP contribution in [0.3, 0.4) is 0 Å². The molecule has 2 N–H and O–H groups in total. The van der Waals surface area contributed by atoms with Crippen LogP contribution in [0.15, 0.2) is 29.3 Å². The Morgan fingerprint density at radius 3 is 2.74 bits per heavy atom. The number of aliphatic imine (C=N–C) groups is 1. The van der Waals surface area contributed by atoms with E-state index in [1.165, 1.54) is 0 Å². The van der Waals surface area contributed by atoms with Crippen LogP contribution >= 0.6 is 35.6 Å². The summed E-state index contributed by atoms with van der Waals surface area (Å²) in [7, 11) is 3.55. The topological polar surface area (TPSA) is 58.1 Å². The Morgan fingerprint density at radius 2 is 2.11 bits per heavy atom. The van der Waals surface area contributed by atoms with Crippen molar-refractivity contribution in [1.82, 2.24) is 15.5 Å². The van der Waals surface area contributed by atoms with Crippen LogP contribution in [0.1, 0.15) is 19.8 Å². The van der Waals surface area contributed by atoms with E-state index in [1.807, 2.05) is 31.2 Å². The van der Waals surface area contributed by atoms with Gasteiger partial charge < -0.3 is 25.0 Å². The maximum absolute atomic E-state index is 5.99. The minimum Gasteiger partial charge on any atom is -0.489 e. The lowest BCUT2D eigenvalue weighted by molar-refractivity contribution is 0.128. The van der Waals surface area contributed by atoms with Gasteiger partial charge in [0.2, 0.25) is 0 Å². The molecule has 0 aliphatic carbocycles. The van der Waals surface area contributed by atoms with Gasteiger partial charge in [0.05, 0.1) is 13.2 Å². The molecule has 0 spiro atoms. The van der Waals surface area contributed by atoms with Crippen molar-refractivity contribution in [1.29, 1.82) is 0 Å². The normalized spacial score (nSPS) is 17.1. The van der Waals surface area contributed by atoms with Crippen LogP contribution in [-0.4, -0.2) is 69.9 Å². The average Bonchev–Trinajstić information content (AvgIpc) is 2.64. The minimum absolute atomic E-state index is 0. The SMILES string of the molecule is CN=C(NCC(C)Oc1cccc(Cl)c1)NC1CCN(CCOC)CC1.I. The van der Waals surface area contributed by atoms with Gasteiger partial charge in [-0.2, -0.15) is 0 Å². The molecule has 0 amide bonds. The first-order valence-electron chi connectivity index (χ1n) is 9.21. The molecular weight excluding hydrogens is 479 g/mol. The number of guanidine groups is 1. The molecule has 154 valence electrons. The van der Waals surface area contributed by atoms with Gasteiger partial charge in [0.25, 0.3) is 0 Å². The van der Waals surface area contributed by atoms with Crippen molar-refractivity contribution in [2.75, 3.05) is 46.9 Å². The molecule has 6 nitrogen and oxygen atoms in total. The molecular formula is C19H32ClIN4O2. The third-order valence-corrected chi connectivity index (χ3v) is 4.69. The fraction of sp³-hybridized carbons (Fsp3) is 0.632. The van der Waals surface area contributed by atoms with Gasteiger partial charge in [-0.05, 0) is 38.0 Å². The predicted molar refractivity (Wildman–Crippen MR) is 123 cm³/mol. The highest BCUT2D eigenvalue weighted by Crippen LogP contribution is 2.18. The molecule has 0 bridgehead atoms. The van der Waals surface area contributed by atoms with Crippen LogP contribution in [0.4, 0.5) is 0 Å². The Hall–Kier alpha value is -0.770. The van der Waals surface area contributed by atoms with E-state index < -0.39 is 0 Å². The van der Waals surface area contributed by atoms with Crippen molar-refractivity contribution in [3.8, 4) is 5.75 Å². The fourth-order valence-electron chi connectivity index (χ4n) is 2.96. The standard InChI is InChI=1S/C19H31ClN4O2.HI/c1-15(26-18-6-4-5-16(20)13-18)14-22-19(21-2)23-17-7-9-24(10-8-17)11-12-25-3;/h4-6,13,15,17H,7-12,14H2,1-3H3,(H2,21,22,23);1H. The van der Waals surface area contributed by atoms with Crippen molar-refractivity contribution >= 4 is 41.5 Å².